The van der Waals surface area contributed by atoms with Crippen molar-refractivity contribution in [3.05, 3.63) is 0 Å². The maximum absolute atomic E-state index is 12.1. The Hall–Kier alpha value is -2.45. The summed E-state index contributed by atoms with van der Waals surface area (Å²) >= 11 is 0. The van der Waals surface area contributed by atoms with Gasteiger partial charge in [-0.25, -0.2) is 0 Å². The Bertz CT molecular complexity index is 466. The average Bonchev–Trinajstić information content (AvgIpc) is 2.37. The molecule has 0 spiro atoms. The summed E-state index contributed by atoms with van der Waals surface area (Å²) in [4.78, 5) is 56.9. The van der Waals surface area contributed by atoms with Gasteiger partial charge in [0.1, 0.15) is 11.7 Å². The third-order valence-electron chi connectivity index (χ3n) is 3.12. The quantitative estimate of drug-likeness (QED) is 0.377. The minimum absolute atomic E-state index is 0.000737. The Morgan fingerprint density at radius 2 is 1.45 bits per heavy atom. The van der Waals surface area contributed by atoms with Gasteiger partial charge >= 0.3 is 23.9 Å². The molecule has 0 aromatic rings. The molecule has 0 amide bonds. The Morgan fingerprint density at radius 1 is 0.955 bits per heavy atom. The number of rotatable bonds is 10. The predicted octanol–water partition coefficient (Wildman–Crippen LogP) is 0.165. The van der Waals surface area contributed by atoms with Crippen LogP contribution < -0.4 is 0 Å². The first-order valence-electron chi connectivity index (χ1n) is 6.50. The number of ether oxygens (including phenoxy) is 1. The summed E-state index contributed by atoms with van der Waals surface area (Å²) in [6.07, 6.45) is -2.40. The van der Waals surface area contributed by atoms with E-state index in [9.17, 15) is 24.0 Å². The molecule has 22 heavy (non-hydrogen) atoms. The van der Waals surface area contributed by atoms with Crippen molar-refractivity contribution in [2.45, 2.75) is 33.1 Å². The van der Waals surface area contributed by atoms with Gasteiger partial charge in [0, 0.05) is 6.42 Å². The first kappa shape index (κ1) is 19.6. The molecule has 0 aliphatic rings. The Kier molecular flexibility index (Phi) is 7.20. The van der Waals surface area contributed by atoms with E-state index in [1.807, 2.05) is 0 Å². The zero-order chi connectivity index (χ0) is 17.5. The molecule has 9 nitrogen and oxygen atoms in total. The number of ketones is 1. The molecule has 3 N–H and O–H groups in total. The monoisotopic (exact) mass is 318 g/mol. The number of carboxylic acids is 3. The molecule has 0 aliphatic carbocycles. The van der Waals surface area contributed by atoms with Crippen molar-refractivity contribution in [3.63, 3.8) is 0 Å². The van der Waals surface area contributed by atoms with E-state index in [1.54, 1.807) is 0 Å². The van der Waals surface area contributed by atoms with Crippen LogP contribution in [0.1, 0.15) is 33.1 Å². The molecular weight excluding hydrogens is 300 g/mol. The molecule has 0 radical (unpaired) electrons. The summed E-state index contributed by atoms with van der Waals surface area (Å²) in [6.45, 7) is 2.99. The molecule has 0 heterocycles. The molecular formula is C13H18O9. The number of esters is 1. The third-order valence-corrected chi connectivity index (χ3v) is 3.12. The second-order valence-electron chi connectivity index (χ2n) is 4.62. The van der Waals surface area contributed by atoms with Crippen LogP contribution in [-0.4, -0.2) is 51.6 Å². The molecule has 0 aromatic heterocycles. The average molecular weight is 318 g/mol. The van der Waals surface area contributed by atoms with E-state index < -0.39 is 53.8 Å². The molecule has 9 heteroatoms. The van der Waals surface area contributed by atoms with Gasteiger partial charge in [-0.2, -0.15) is 0 Å². The summed E-state index contributed by atoms with van der Waals surface area (Å²) in [5, 5.41) is 26.9. The Morgan fingerprint density at radius 3 is 1.77 bits per heavy atom. The van der Waals surface area contributed by atoms with Gasteiger partial charge in [0.05, 0.1) is 13.0 Å². The highest BCUT2D eigenvalue weighted by Crippen LogP contribution is 2.30. The Balaban J connectivity index is 5.50. The normalized spacial score (nSPS) is 12.3. The molecule has 0 bridgehead atoms. The number of carboxylic acid groups (broad SMARTS) is 3. The maximum Gasteiger partial charge on any atom is 0.322 e. The zero-order valence-electron chi connectivity index (χ0n) is 12.2. The number of carbonyl (C=O) groups is 5. The van der Waals surface area contributed by atoms with Crippen LogP contribution in [0.4, 0.5) is 0 Å². The lowest BCUT2D eigenvalue weighted by Gasteiger charge is -2.24. The molecule has 1 atom stereocenters. The molecule has 0 saturated carbocycles. The lowest BCUT2D eigenvalue weighted by molar-refractivity contribution is -0.172. The van der Waals surface area contributed by atoms with E-state index >= 15 is 0 Å². The highest BCUT2D eigenvalue weighted by atomic mass is 16.5. The van der Waals surface area contributed by atoms with E-state index in [1.165, 1.54) is 13.8 Å². The number of hydrogen-bond acceptors (Lipinski definition) is 6. The fourth-order valence-corrected chi connectivity index (χ4v) is 1.90. The lowest BCUT2D eigenvalue weighted by Crippen LogP contribution is -2.44. The van der Waals surface area contributed by atoms with Crippen LogP contribution in [0, 0.1) is 11.3 Å². The van der Waals surface area contributed by atoms with Crippen LogP contribution in [0.5, 0.6) is 0 Å². The maximum atomic E-state index is 12.1. The topological polar surface area (TPSA) is 155 Å². The summed E-state index contributed by atoms with van der Waals surface area (Å²) in [5.41, 5.74) is -2.82. The van der Waals surface area contributed by atoms with E-state index in [2.05, 4.69) is 4.74 Å². The highest BCUT2D eigenvalue weighted by molar-refractivity contribution is 6.08. The van der Waals surface area contributed by atoms with E-state index in [0.717, 1.165) is 0 Å². The minimum atomic E-state index is -2.82. The fraction of sp³-hybridized carbons (Fsp3) is 0.615. The molecule has 0 aliphatic heterocycles. The van der Waals surface area contributed by atoms with Gasteiger partial charge in [0.2, 0.25) is 0 Å². The van der Waals surface area contributed by atoms with Crippen LogP contribution in [0.15, 0.2) is 0 Å². The second-order valence-corrected chi connectivity index (χ2v) is 4.62. The van der Waals surface area contributed by atoms with Gasteiger partial charge in [-0.1, -0.05) is 6.92 Å². The standard InChI is InChI=1S/C13H18O9/c1-3-7(10(17)22-4-2)8(14)5-13(11(18)19,12(20)21)6-9(15)16/h7H,3-6H2,1-2H3,(H,15,16)(H,18,19)(H,20,21). The molecule has 0 aromatic carbocycles. The van der Waals surface area contributed by atoms with Crippen LogP contribution in [0.25, 0.3) is 0 Å². The van der Waals surface area contributed by atoms with Gasteiger partial charge in [-0.05, 0) is 13.3 Å². The third kappa shape index (κ3) is 4.54. The van der Waals surface area contributed by atoms with Gasteiger partial charge in [0.25, 0.3) is 0 Å². The first-order chi connectivity index (χ1) is 10.1. The molecule has 0 saturated heterocycles. The summed E-state index contributed by atoms with van der Waals surface area (Å²) < 4.78 is 4.66. The number of Topliss-reactive ketones (excluding diaryl/α,β-unsaturated/α-hetero) is 1. The zero-order valence-corrected chi connectivity index (χ0v) is 12.2. The van der Waals surface area contributed by atoms with Crippen molar-refractivity contribution in [2.75, 3.05) is 6.61 Å². The number of carbonyl (C=O) groups excluding carboxylic acids is 2. The van der Waals surface area contributed by atoms with Gasteiger partial charge in [0.15, 0.2) is 5.41 Å². The first-order valence-corrected chi connectivity index (χ1v) is 6.50. The van der Waals surface area contributed by atoms with Gasteiger partial charge in [-0.15, -0.1) is 0 Å². The summed E-state index contributed by atoms with van der Waals surface area (Å²) in [5.74, 6) is -8.78. The van der Waals surface area contributed by atoms with Crippen LogP contribution >= 0.6 is 0 Å². The molecule has 0 fully saturated rings. The lowest BCUT2D eigenvalue weighted by atomic mass is 9.77. The molecule has 1 unspecified atom stereocenters. The van der Waals surface area contributed by atoms with Crippen LogP contribution in [0.3, 0.4) is 0 Å². The van der Waals surface area contributed by atoms with Crippen molar-refractivity contribution in [1.82, 2.24) is 0 Å². The van der Waals surface area contributed by atoms with Crippen molar-refractivity contribution in [3.8, 4) is 0 Å². The minimum Gasteiger partial charge on any atom is -0.481 e. The number of aliphatic carboxylic acids is 3. The number of hydrogen-bond donors (Lipinski definition) is 3. The fourth-order valence-electron chi connectivity index (χ4n) is 1.90. The van der Waals surface area contributed by atoms with Crippen LogP contribution in [0.2, 0.25) is 0 Å². The van der Waals surface area contributed by atoms with E-state index in [4.69, 9.17) is 15.3 Å². The van der Waals surface area contributed by atoms with E-state index in [0.29, 0.717) is 0 Å². The van der Waals surface area contributed by atoms with Crippen molar-refractivity contribution in [1.29, 1.82) is 0 Å². The highest BCUT2D eigenvalue weighted by Gasteiger charge is 2.51. The van der Waals surface area contributed by atoms with Gasteiger partial charge < -0.3 is 20.1 Å². The Labute approximate surface area is 125 Å². The predicted molar refractivity (Wildman–Crippen MR) is 70.0 cm³/mol. The van der Waals surface area contributed by atoms with Crippen molar-refractivity contribution >= 4 is 29.7 Å². The van der Waals surface area contributed by atoms with Gasteiger partial charge in [-0.3, -0.25) is 24.0 Å². The smallest absolute Gasteiger partial charge is 0.322 e. The SMILES string of the molecule is CCOC(=O)C(CC)C(=O)CC(CC(=O)O)(C(=O)O)C(=O)O. The van der Waals surface area contributed by atoms with Crippen molar-refractivity contribution < 1.29 is 44.0 Å². The molecule has 0 rings (SSSR count). The summed E-state index contributed by atoms with van der Waals surface area (Å²) in [7, 11) is 0. The second kappa shape index (κ2) is 8.11. The largest absolute Gasteiger partial charge is 0.481 e. The van der Waals surface area contributed by atoms with Crippen LogP contribution in [-0.2, 0) is 28.7 Å². The van der Waals surface area contributed by atoms with E-state index in [-0.39, 0.29) is 13.0 Å². The molecule has 124 valence electrons. The summed E-state index contributed by atoms with van der Waals surface area (Å²) in [6, 6.07) is 0. The van der Waals surface area contributed by atoms with Crippen molar-refractivity contribution in [2.24, 2.45) is 11.3 Å².